The third-order valence-electron chi connectivity index (χ3n) is 9.53. The van der Waals surface area contributed by atoms with E-state index in [4.69, 9.17) is 19.6 Å². The molecular weight excluding hydrogens is 582 g/mol. The average Bonchev–Trinajstić information content (AvgIpc) is 3.76. The predicted molar refractivity (Wildman–Crippen MR) is 185 cm³/mol. The number of likely N-dealkylation sites (tertiary alicyclic amines) is 1. The fourth-order valence-corrected chi connectivity index (χ4v) is 7.15. The van der Waals surface area contributed by atoms with Crippen LogP contribution in [0.1, 0.15) is 46.7 Å². The van der Waals surface area contributed by atoms with Crippen molar-refractivity contribution in [3.63, 3.8) is 0 Å². The molecule has 6 nitrogen and oxygen atoms in total. The molecule has 0 N–H and O–H groups in total. The second-order valence-electron chi connectivity index (χ2n) is 12.3. The standard InChI is InChI=1S/C41H35N3O3/c1-30(32-19-9-3-10-20-32)44-28-36(27-31-17-7-2-8-18-31)41(45-39(43-47-41)35-25-15-6-16-26-35)40(29-44)37(33-21-11-4-12-22-33)38(42-46-40)34-23-13-5-14-24-34/h2-27,30,37H,28-29H2,1H3/b36-27+/t30-,37+,40+,41-/m1/s1. The molecule has 3 aliphatic heterocycles. The molecule has 0 amide bonds. The van der Waals surface area contributed by atoms with Crippen LogP contribution < -0.4 is 0 Å². The first-order valence-corrected chi connectivity index (χ1v) is 16.1. The maximum absolute atomic E-state index is 7.10. The number of fused-ring (bicyclic) bond motifs is 1. The molecule has 3 aliphatic rings. The Balaban J connectivity index is 1.35. The highest BCUT2D eigenvalue weighted by molar-refractivity contribution is 6.07. The molecular formula is C41H35N3O3. The highest BCUT2D eigenvalue weighted by atomic mass is 16.8. The molecule has 0 bridgehead atoms. The zero-order chi connectivity index (χ0) is 31.7. The van der Waals surface area contributed by atoms with E-state index in [2.05, 4.69) is 102 Å². The molecule has 0 aliphatic carbocycles. The summed E-state index contributed by atoms with van der Waals surface area (Å²) in [7, 11) is 0. The van der Waals surface area contributed by atoms with Crippen molar-refractivity contribution in [3.8, 4) is 0 Å². The molecule has 0 unspecified atom stereocenters. The highest BCUT2D eigenvalue weighted by Gasteiger charge is 2.74. The third kappa shape index (κ3) is 5.02. The van der Waals surface area contributed by atoms with Crippen LogP contribution in [-0.2, 0) is 14.4 Å². The van der Waals surface area contributed by atoms with Crippen molar-refractivity contribution >= 4 is 17.7 Å². The fourth-order valence-electron chi connectivity index (χ4n) is 7.15. The van der Waals surface area contributed by atoms with Crippen LogP contribution in [0.2, 0.25) is 0 Å². The van der Waals surface area contributed by atoms with Crippen LogP contribution >= 0.6 is 0 Å². The van der Waals surface area contributed by atoms with Gasteiger partial charge in [-0.1, -0.05) is 145 Å². The first-order valence-electron chi connectivity index (χ1n) is 16.1. The molecule has 1 fully saturated rings. The van der Waals surface area contributed by atoms with E-state index >= 15 is 0 Å². The zero-order valence-electron chi connectivity index (χ0n) is 26.1. The van der Waals surface area contributed by atoms with Gasteiger partial charge in [-0.25, -0.2) is 0 Å². The van der Waals surface area contributed by atoms with Gasteiger partial charge >= 0.3 is 5.79 Å². The van der Waals surface area contributed by atoms with Crippen molar-refractivity contribution in [2.24, 2.45) is 10.3 Å². The molecule has 1 saturated heterocycles. The molecule has 232 valence electrons. The smallest absolute Gasteiger partial charge is 0.346 e. The van der Waals surface area contributed by atoms with E-state index in [1.165, 1.54) is 5.56 Å². The molecule has 5 aromatic carbocycles. The van der Waals surface area contributed by atoms with E-state index in [0.29, 0.717) is 19.0 Å². The van der Waals surface area contributed by atoms with Crippen molar-refractivity contribution in [1.82, 2.24) is 4.90 Å². The van der Waals surface area contributed by atoms with E-state index in [1.807, 2.05) is 72.8 Å². The SMILES string of the molecule is C[C@H](c1ccccc1)N1C/C(=C\c2ccccc2)[C@@]2(ON=C(c3ccccc3)O2)[C@@]2(C1)ON=C(c1ccccc1)[C@@H]2c1ccccc1. The number of benzene rings is 5. The minimum Gasteiger partial charge on any atom is -0.422 e. The van der Waals surface area contributed by atoms with Gasteiger partial charge in [-0.05, 0) is 47.0 Å². The van der Waals surface area contributed by atoms with Crippen molar-refractivity contribution in [2.45, 2.75) is 30.3 Å². The number of nitrogens with zero attached hydrogens (tertiary/aromatic N) is 3. The van der Waals surface area contributed by atoms with Crippen LogP contribution in [0.4, 0.5) is 0 Å². The van der Waals surface area contributed by atoms with Gasteiger partial charge in [0.1, 0.15) is 0 Å². The lowest BCUT2D eigenvalue weighted by atomic mass is 9.68. The highest BCUT2D eigenvalue weighted by Crippen LogP contribution is 2.56. The Kier molecular flexibility index (Phi) is 7.43. The first-order chi connectivity index (χ1) is 23.2. The Morgan fingerprint density at radius 1 is 0.681 bits per heavy atom. The van der Waals surface area contributed by atoms with Crippen LogP contribution in [0.3, 0.4) is 0 Å². The number of oxime groups is 2. The number of hydrogen-bond donors (Lipinski definition) is 0. The summed E-state index contributed by atoms with van der Waals surface area (Å²) < 4.78 is 7.10. The summed E-state index contributed by atoms with van der Waals surface area (Å²) in [6, 6.07) is 51.5. The molecule has 0 saturated carbocycles. The van der Waals surface area contributed by atoms with Gasteiger partial charge in [0, 0.05) is 29.3 Å². The number of rotatable bonds is 6. The maximum Gasteiger partial charge on any atom is 0.346 e. The summed E-state index contributed by atoms with van der Waals surface area (Å²) in [6.07, 6.45) is 2.17. The van der Waals surface area contributed by atoms with E-state index < -0.39 is 11.4 Å². The minimum absolute atomic E-state index is 0.0568. The quantitative estimate of drug-likeness (QED) is 0.193. The monoisotopic (exact) mass is 617 g/mol. The molecule has 2 spiro atoms. The average molecular weight is 618 g/mol. The molecule has 0 radical (unpaired) electrons. The van der Waals surface area contributed by atoms with Gasteiger partial charge in [-0.15, -0.1) is 0 Å². The Bertz CT molecular complexity index is 1930. The summed E-state index contributed by atoms with van der Waals surface area (Å²) >= 11 is 0. The molecule has 8 rings (SSSR count). The van der Waals surface area contributed by atoms with Crippen molar-refractivity contribution in [3.05, 3.63) is 185 Å². The summed E-state index contributed by atoms with van der Waals surface area (Å²) in [5.74, 6) is -1.37. The van der Waals surface area contributed by atoms with E-state index in [9.17, 15) is 0 Å². The molecule has 0 aromatic heterocycles. The van der Waals surface area contributed by atoms with Gasteiger partial charge in [-0.2, -0.15) is 0 Å². The van der Waals surface area contributed by atoms with Crippen molar-refractivity contribution in [1.29, 1.82) is 0 Å². The molecule has 47 heavy (non-hydrogen) atoms. The number of ether oxygens (including phenoxy) is 1. The number of hydrogen-bond acceptors (Lipinski definition) is 6. The Morgan fingerprint density at radius 2 is 1.26 bits per heavy atom. The van der Waals surface area contributed by atoms with Crippen LogP contribution in [0.25, 0.3) is 6.08 Å². The van der Waals surface area contributed by atoms with Crippen molar-refractivity contribution in [2.75, 3.05) is 13.1 Å². The maximum atomic E-state index is 7.10. The minimum atomic E-state index is -1.43. The Morgan fingerprint density at radius 3 is 1.91 bits per heavy atom. The lowest BCUT2D eigenvalue weighted by Gasteiger charge is -2.52. The summed E-state index contributed by atoms with van der Waals surface area (Å²) in [5.41, 5.74) is 5.68. The second kappa shape index (κ2) is 12.0. The van der Waals surface area contributed by atoms with E-state index in [-0.39, 0.29) is 12.0 Å². The van der Waals surface area contributed by atoms with Crippen LogP contribution in [0.5, 0.6) is 0 Å². The van der Waals surface area contributed by atoms with Crippen LogP contribution in [-0.4, -0.2) is 41.0 Å². The van der Waals surface area contributed by atoms with Gasteiger partial charge in [0.2, 0.25) is 5.60 Å². The lowest BCUT2D eigenvalue weighted by molar-refractivity contribution is -0.279. The van der Waals surface area contributed by atoms with Gasteiger partial charge in [0.05, 0.1) is 18.2 Å². The summed E-state index contributed by atoms with van der Waals surface area (Å²) in [5, 5.41) is 9.57. The fraction of sp³-hybridized carbons (Fsp3) is 0.171. The molecule has 6 heteroatoms. The van der Waals surface area contributed by atoms with E-state index in [0.717, 1.165) is 33.5 Å². The van der Waals surface area contributed by atoms with Crippen LogP contribution in [0, 0.1) is 0 Å². The normalized spacial score (nSPS) is 25.1. The Labute approximate surface area is 275 Å². The first kappa shape index (κ1) is 29.0. The summed E-state index contributed by atoms with van der Waals surface area (Å²) in [4.78, 5) is 16.1. The zero-order valence-corrected chi connectivity index (χ0v) is 26.1. The van der Waals surface area contributed by atoms with E-state index in [1.54, 1.807) is 0 Å². The van der Waals surface area contributed by atoms with Gasteiger partial charge < -0.3 is 14.4 Å². The number of piperidine rings is 1. The topological polar surface area (TPSA) is 55.7 Å². The second-order valence-corrected chi connectivity index (χ2v) is 12.3. The van der Waals surface area contributed by atoms with Gasteiger partial charge in [-0.3, -0.25) is 4.90 Å². The summed E-state index contributed by atoms with van der Waals surface area (Å²) in [6.45, 7) is 3.27. The van der Waals surface area contributed by atoms with Gasteiger partial charge in [0.15, 0.2) is 0 Å². The predicted octanol–water partition coefficient (Wildman–Crippen LogP) is 8.21. The van der Waals surface area contributed by atoms with Gasteiger partial charge in [0.25, 0.3) is 5.90 Å². The lowest BCUT2D eigenvalue weighted by Crippen LogP contribution is -2.69. The largest absolute Gasteiger partial charge is 0.422 e. The molecule has 5 aromatic rings. The molecule has 4 atom stereocenters. The Hall–Kier alpha value is -5.46. The van der Waals surface area contributed by atoms with Crippen LogP contribution in [0.15, 0.2) is 168 Å². The third-order valence-corrected chi connectivity index (χ3v) is 9.53. The van der Waals surface area contributed by atoms with Crippen molar-refractivity contribution < 1.29 is 14.4 Å². The molecule has 3 heterocycles.